The number of ether oxygens (including phenoxy) is 1. The summed E-state index contributed by atoms with van der Waals surface area (Å²) in [7, 11) is 0. The van der Waals surface area contributed by atoms with Gasteiger partial charge >= 0.3 is 6.03 Å². The molecule has 4 aromatic carbocycles. The van der Waals surface area contributed by atoms with E-state index in [0.29, 0.717) is 28.1 Å². The number of anilines is 1. The van der Waals surface area contributed by atoms with Gasteiger partial charge in [-0.15, -0.1) is 0 Å². The van der Waals surface area contributed by atoms with Crippen molar-refractivity contribution in [2.45, 2.75) is 20.5 Å². The highest BCUT2D eigenvalue weighted by atomic mass is 79.9. The molecular formula is C30H23BrN2O4. The molecule has 1 saturated heterocycles. The number of fused-ring (bicyclic) bond motifs is 1. The van der Waals surface area contributed by atoms with E-state index in [9.17, 15) is 14.4 Å². The predicted molar refractivity (Wildman–Crippen MR) is 147 cm³/mol. The molecule has 7 heteroatoms. The maximum absolute atomic E-state index is 13.2. The van der Waals surface area contributed by atoms with Gasteiger partial charge in [0.05, 0.1) is 10.2 Å². The molecule has 0 spiro atoms. The SMILES string of the molecule is Cc1cc(C)cc(N2C(=O)NC(=O)/C(=C\c3ccc(OCc4ccc5ccccc5c4)c(Br)c3)C2=O)c1. The van der Waals surface area contributed by atoms with E-state index in [1.165, 1.54) is 11.5 Å². The third-order valence-electron chi connectivity index (χ3n) is 6.04. The second kappa shape index (κ2) is 10.0. The van der Waals surface area contributed by atoms with Crippen LogP contribution >= 0.6 is 15.9 Å². The predicted octanol–water partition coefficient (Wildman–Crippen LogP) is 6.46. The van der Waals surface area contributed by atoms with E-state index < -0.39 is 17.8 Å². The van der Waals surface area contributed by atoms with E-state index in [0.717, 1.165) is 27.0 Å². The molecule has 4 amide bonds. The van der Waals surface area contributed by atoms with Crippen molar-refractivity contribution in [3.05, 3.63) is 111 Å². The van der Waals surface area contributed by atoms with Gasteiger partial charge in [-0.05, 0) is 99.2 Å². The number of carbonyl (C=O) groups excluding carboxylic acids is 3. The van der Waals surface area contributed by atoms with Crippen molar-refractivity contribution in [1.29, 1.82) is 0 Å². The Morgan fingerprint density at radius 3 is 2.32 bits per heavy atom. The topological polar surface area (TPSA) is 75.7 Å². The molecule has 184 valence electrons. The number of benzene rings is 4. The third-order valence-corrected chi connectivity index (χ3v) is 6.66. The summed E-state index contributed by atoms with van der Waals surface area (Å²) in [6.07, 6.45) is 1.47. The molecule has 0 radical (unpaired) electrons. The summed E-state index contributed by atoms with van der Waals surface area (Å²) in [6.45, 7) is 4.15. The Hall–Kier alpha value is -4.23. The second-order valence-corrected chi connectivity index (χ2v) is 9.82. The average Bonchev–Trinajstić information content (AvgIpc) is 2.85. The van der Waals surface area contributed by atoms with Crippen LogP contribution in [0.3, 0.4) is 0 Å². The van der Waals surface area contributed by atoms with Crippen molar-refractivity contribution in [3.63, 3.8) is 0 Å². The lowest BCUT2D eigenvalue weighted by Gasteiger charge is -2.27. The fourth-order valence-electron chi connectivity index (χ4n) is 4.35. The van der Waals surface area contributed by atoms with Gasteiger partial charge in [0.1, 0.15) is 17.9 Å². The zero-order valence-electron chi connectivity index (χ0n) is 20.2. The molecule has 0 aromatic heterocycles. The van der Waals surface area contributed by atoms with Gasteiger partial charge in [0.15, 0.2) is 0 Å². The van der Waals surface area contributed by atoms with Gasteiger partial charge in [0, 0.05) is 0 Å². The van der Waals surface area contributed by atoms with Crippen LogP contribution in [0.25, 0.3) is 16.8 Å². The van der Waals surface area contributed by atoms with Gasteiger partial charge in [-0.2, -0.15) is 0 Å². The van der Waals surface area contributed by atoms with Crippen LogP contribution in [0, 0.1) is 13.8 Å². The first kappa shape index (κ1) is 24.5. The molecule has 0 atom stereocenters. The number of halogens is 1. The van der Waals surface area contributed by atoms with E-state index >= 15 is 0 Å². The Morgan fingerprint density at radius 2 is 1.59 bits per heavy atom. The number of nitrogens with zero attached hydrogens (tertiary/aromatic N) is 1. The summed E-state index contributed by atoms with van der Waals surface area (Å²) in [5, 5.41) is 4.58. The fraction of sp³-hybridized carbons (Fsp3) is 0.100. The molecule has 0 bridgehead atoms. The lowest BCUT2D eigenvalue weighted by atomic mass is 10.1. The molecule has 0 aliphatic carbocycles. The number of urea groups is 1. The third kappa shape index (κ3) is 5.17. The van der Waals surface area contributed by atoms with Crippen LogP contribution in [0.4, 0.5) is 10.5 Å². The number of aryl methyl sites for hydroxylation is 2. The number of hydrogen-bond donors (Lipinski definition) is 1. The fourth-order valence-corrected chi connectivity index (χ4v) is 4.86. The maximum atomic E-state index is 13.2. The van der Waals surface area contributed by atoms with Crippen molar-refractivity contribution in [2.75, 3.05) is 4.90 Å². The van der Waals surface area contributed by atoms with E-state index in [1.807, 2.05) is 38.1 Å². The number of rotatable bonds is 5. The minimum atomic E-state index is -0.768. The van der Waals surface area contributed by atoms with Crippen LogP contribution < -0.4 is 15.0 Å². The number of nitrogens with one attached hydrogen (secondary N) is 1. The first-order chi connectivity index (χ1) is 17.8. The number of carbonyl (C=O) groups is 3. The molecule has 0 unspecified atom stereocenters. The van der Waals surface area contributed by atoms with Gasteiger partial charge < -0.3 is 4.74 Å². The molecule has 1 aliphatic heterocycles. The van der Waals surface area contributed by atoms with Gasteiger partial charge in [-0.3, -0.25) is 14.9 Å². The lowest BCUT2D eigenvalue weighted by molar-refractivity contribution is -0.122. The lowest BCUT2D eigenvalue weighted by Crippen LogP contribution is -2.54. The van der Waals surface area contributed by atoms with Crippen molar-refractivity contribution in [1.82, 2.24) is 5.32 Å². The van der Waals surface area contributed by atoms with E-state index in [2.05, 4.69) is 45.5 Å². The number of imide groups is 2. The minimum absolute atomic E-state index is 0.129. The highest BCUT2D eigenvalue weighted by Crippen LogP contribution is 2.29. The molecule has 5 rings (SSSR count). The summed E-state index contributed by atoms with van der Waals surface area (Å²) in [5.74, 6) is -0.781. The number of amides is 4. The molecule has 0 saturated carbocycles. The summed E-state index contributed by atoms with van der Waals surface area (Å²) in [6, 6.07) is 24.3. The molecule has 6 nitrogen and oxygen atoms in total. The van der Waals surface area contributed by atoms with E-state index in [-0.39, 0.29) is 5.57 Å². The second-order valence-electron chi connectivity index (χ2n) is 8.96. The molecule has 4 aromatic rings. The molecule has 1 aliphatic rings. The zero-order valence-corrected chi connectivity index (χ0v) is 21.8. The number of barbiturate groups is 1. The molecule has 37 heavy (non-hydrogen) atoms. The van der Waals surface area contributed by atoms with Gasteiger partial charge in [-0.1, -0.05) is 48.5 Å². The Labute approximate surface area is 222 Å². The van der Waals surface area contributed by atoms with Crippen LogP contribution in [0.15, 0.2) is 88.9 Å². The van der Waals surface area contributed by atoms with Crippen molar-refractivity contribution in [3.8, 4) is 5.75 Å². The Morgan fingerprint density at radius 1 is 0.865 bits per heavy atom. The first-order valence-electron chi connectivity index (χ1n) is 11.7. The Bertz CT molecular complexity index is 1590. The maximum Gasteiger partial charge on any atom is 0.335 e. The number of hydrogen-bond acceptors (Lipinski definition) is 4. The highest BCUT2D eigenvalue weighted by Gasteiger charge is 2.37. The summed E-state index contributed by atoms with van der Waals surface area (Å²) < 4.78 is 6.68. The average molecular weight is 555 g/mol. The van der Waals surface area contributed by atoms with Crippen LogP contribution in [0.2, 0.25) is 0 Å². The normalized spacial score (nSPS) is 14.8. The van der Waals surface area contributed by atoms with Crippen LogP contribution in [0.1, 0.15) is 22.3 Å². The van der Waals surface area contributed by atoms with Crippen LogP contribution in [-0.4, -0.2) is 17.8 Å². The Balaban J connectivity index is 1.36. The molecular weight excluding hydrogens is 532 g/mol. The minimum Gasteiger partial charge on any atom is -0.488 e. The van der Waals surface area contributed by atoms with E-state index in [1.54, 1.807) is 30.3 Å². The van der Waals surface area contributed by atoms with Crippen molar-refractivity contribution < 1.29 is 19.1 Å². The summed E-state index contributed by atoms with van der Waals surface area (Å²) >= 11 is 3.53. The zero-order chi connectivity index (χ0) is 26.1. The Kier molecular flexibility index (Phi) is 6.63. The standard InChI is InChI=1S/C30H23BrN2O4/c1-18-11-19(2)13-24(12-18)33-29(35)25(28(34)32-30(33)36)15-20-8-10-27(26(31)16-20)37-17-21-7-9-22-5-3-4-6-23(22)14-21/h3-16H,17H2,1-2H3,(H,32,34,36)/b25-15+. The molecule has 1 N–H and O–H groups in total. The van der Waals surface area contributed by atoms with Crippen molar-refractivity contribution >= 4 is 56.3 Å². The largest absolute Gasteiger partial charge is 0.488 e. The van der Waals surface area contributed by atoms with Crippen LogP contribution in [0.5, 0.6) is 5.75 Å². The quantitative estimate of drug-likeness (QED) is 0.227. The molecule has 1 heterocycles. The van der Waals surface area contributed by atoms with Crippen LogP contribution in [-0.2, 0) is 16.2 Å². The monoisotopic (exact) mass is 554 g/mol. The summed E-state index contributed by atoms with van der Waals surface area (Å²) in [4.78, 5) is 39.3. The highest BCUT2D eigenvalue weighted by molar-refractivity contribution is 9.10. The van der Waals surface area contributed by atoms with E-state index in [4.69, 9.17) is 4.74 Å². The summed E-state index contributed by atoms with van der Waals surface area (Å²) in [5.41, 5.74) is 3.74. The molecule has 1 fully saturated rings. The van der Waals surface area contributed by atoms with Gasteiger partial charge in [0.2, 0.25) is 0 Å². The first-order valence-corrected chi connectivity index (χ1v) is 12.5. The van der Waals surface area contributed by atoms with Crippen molar-refractivity contribution in [2.24, 2.45) is 0 Å². The van der Waals surface area contributed by atoms with Gasteiger partial charge in [0.25, 0.3) is 11.8 Å². The van der Waals surface area contributed by atoms with Gasteiger partial charge in [-0.25, -0.2) is 9.69 Å². The smallest absolute Gasteiger partial charge is 0.335 e.